The van der Waals surface area contributed by atoms with Gasteiger partial charge in [-0.25, -0.2) is 0 Å². The number of carbonyl (C=O) groups excluding carboxylic acids is 1. The van der Waals surface area contributed by atoms with Gasteiger partial charge >= 0.3 is 0 Å². The molecular formula is C17H22N2O3. The van der Waals surface area contributed by atoms with Crippen LogP contribution in [0.4, 0.5) is 0 Å². The van der Waals surface area contributed by atoms with Gasteiger partial charge in [0.15, 0.2) is 0 Å². The Morgan fingerprint density at radius 3 is 3.14 bits per heavy atom. The summed E-state index contributed by atoms with van der Waals surface area (Å²) in [4.78, 5) is 14.4. The van der Waals surface area contributed by atoms with Gasteiger partial charge < -0.3 is 19.8 Å². The SMILES string of the molecule is COc1ccc2c(CC(=O)N3CCC[C@H](CN)C3)coc2c1. The molecule has 0 aliphatic carbocycles. The molecule has 1 aliphatic heterocycles. The number of nitrogens with zero attached hydrogens (tertiary/aromatic N) is 1. The third-order valence-electron chi connectivity index (χ3n) is 4.41. The van der Waals surface area contributed by atoms with Crippen molar-refractivity contribution < 1.29 is 13.9 Å². The quantitative estimate of drug-likeness (QED) is 0.940. The Bertz CT molecular complexity index is 665. The molecule has 5 heteroatoms. The lowest BCUT2D eigenvalue weighted by atomic mass is 9.97. The maximum absolute atomic E-state index is 12.5. The van der Waals surface area contributed by atoms with Crippen molar-refractivity contribution >= 4 is 16.9 Å². The lowest BCUT2D eigenvalue weighted by Crippen LogP contribution is -2.42. The molecule has 2 heterocycles. The standard InChI is InChI=1S/C17H22N2O3/c1-21-14-4-5-15-13(11-22-16(15)8-14)7-17(20)19-6-2-3-12(9-18)10-19/h4-5,8,11-12H,2-3,6-7,9-10,18H2,1H3/t12-/m1/s1. The minimum atomic E-state index is 0.150. The maximum atomic E-state index is 12.5. The number of furan rings is 1. The number of fused-ring (bicyclic) bond motifs is 1. The summed E-state index contributed by atoms with van der Waals surface area (Å²) in [5, 5.41) is 0.974. The van der Waals surface area contributed by atoms with E-state index in [9.17, 15) is 4.79 Å². The van der Waals surface area contributed by atoms with E-state index in [1.807, 2.05) is 23.1 Å². The van der Waals surface area contributed by atoms with E-state index < -0.39 is 0 Å². The summed E-state index contributed by atoms with van der Waals surface area (Å²) in [6.45, 7) is 2.26. The Morgan fingerprint density at radius 1 is 1.50 bits per heavy atom. The van der Waals surface area contributed by atoms with Crippen LogP contribution in [0.5, 0.6) is 5.75 Å². The number of benzene rings is 1. The van der Waals surface area contributed by atoms with Gasteiger partial charge in [-0.1, -0.05) is 0 Å². The largest absolute Gasteiger partial charge is 0.497 e. The molecule has 1 amide bonds. The van der Waals surface area contributed by atoms with E-state index in [0.29, 0.717) is 18.9 Å². The van der Waals surface area contributed by atoms with E-state index in [1.165, 1.54) is 0 Å². The minimum absolute atomic E-state index is 0.150. The Morgan fingerprint density at radius 2 is 2.36 bits per heavy atom. The Balaban J connectivity index is 1.74. The molecule has 1 aliphatic rings. The highest BCUT2D eigenvalue weighted by molar-refractivity contribution is 5.88. The summed E-state index contributed by atoms with van der Waals surface area (Å²) in [6.07, 6.45) is 4.20. The summed E-state index contributed by atoms with van der Waals surface area (Å²) < 4.78 is 10.7. The predicted octanol–water partition coefficient (Wildman–Crippen LogP) is 2.18. The van der Waals surface area contributed by atoms with E-state index in [0.717, 1.165) is 48.2 Å². The Kier molecular flexibility index (Phi) is 4.34. The zero-order chi connectivity index (χ0) is 15.5. The van der Waals surface area contributed by atoms with Gasteiger partial charge in [-0.15, -0.1) is 0 Å². The second-order valence-corrected chi connectivity index (χ2v) is 5.88. The summed E-state index contributed by atoms with van der Waals surface area (Å²) in [5.74, 6) is 1.33. The molecule has 0 spiro atoms. The van der Waals surface area contributed by atoms with Crippen LogP contribution < -0.4 is 10.5 Å². The molecule has 2 N–H and O–H groups in total. The number of carbonyl (C=O) groups is 1. The number of ether oxygens (including phenoxy) is 1. The average molecular weight is 302 g/mol. The summed E-state index contributed by atoms with van der Waals surface area (Å²) in [5.41, 5.74) is 7.42. The summed E-state index contributed by atoms with van der Waals surface area (Å²) in [6, 6.07) is 5.67. The molecule has 3 rings (SSSR count). The molecule has 22 heavy (non-hydrogen) atoms. The Labute approximate surface area is 130 Å². The van der Waals surface area contributed by atoms with Crippen molar-refractivity contribution in [3.05, 3.63) is 30.0 Å². The van der Waals surface area contributed by atoms with Gasteiger partial charge in [0, 0.05) is 30.1 Å². The minimum Gasteiger partial charge on any atom is -0.497 e. The van der Waals surface area contributed by atoms with Crippen molar-refractivity contribution in [3.63, 3.8) is 0 Å². The number of hydrogen-bond donors (Lipinski definition) is 1. The number of likely N-dealkylation sites (tertiary alicyclic amines) is 1. The molecule has 1 aromatic carbocycles. The molecular weight excluding hydrogens is 280 g/mol. The molecule has 0 saturated carbocycles. The molecule has 1 atom stereocenters. The smallest absolute Gasteiger partial charge is 0.227 e. The van der Waals surface area contributed by atoms with Crippen LogP contribution in [0.15, 0.2) is 28.9 Å². The first-order valence-electron chi connectivity index (χ1n) is 7.73. The molecule has 5 nitrogen and oxygen atoms in total. The highest BCUT2D eigenvalue weighted by atomic mass is 16.5. The highest BCUT2D eigenvalue weighted by Gasteiger charge is 2.23. The van der Waals surface area contributed by atoms with Crippen molar-refractivity contribution in [3.8, 4) is 5.75 Å². The van der Waals surface area contributed by atoms with Gasteiger partial charge in [-0.3, -0.25) is 4.79 Å². The van der Waals surface area contributed by atoms with Crippen LogP contribution in [0.3, 0.4) is 0 Å². The van der Waals surface area contributed by atoms with Gasteiger partial charge in [0.25, 0.3) is 0 Å². The van der Waals surface area contributed by atoms with Crippen LogP contribution in [-0.2, 0) is 11.2 Å². The van der Waals surface area contributed by atoms with Crippen molar-refractivity contribution in [2.24, 2.45) is 11.7 Å². The molecule has 1 fully saturated rings. The molecule has 0 bridgehead atoms. The van der Waals surface area contributed by atoms with E-state index >= 15 is 0 Å². The first kappa shape index (κ1) is 14.9. The molecule has 1 saturated heterocycles. The van der Waals surface area contributed by atoms with Crippen molar-refractivity contribution in [1.82, 2.24) is 4.90 Å². The zero-order valence-corrected chi connectivity index (χ0v) is 12.9. The van der Waals surface area contributed by atoms with E-state index in [4.69, 9.17) is 14.9 Å². The number of hydrogen-bond acceptors (Lipinski definition) is 4. The van der Waals surface area contributed by atoms with Crippen LogP contribution >= 0.6 is 0 Å². The number of piperidine rings is 1. The highest BCUT2D eigenvalue weighted by Crippen LogP contribution is 2.26. The average Bonchev–Trinajstić information content (AvgIpc) is 2.96. The van der Waals surface area contributed by atoms with E-state index in [-0.39, 0.29) is 5.91 Å². The van der Waals surface area contributed by atoms with Crippen LogP contribution in [0.25, 0.3) is 11.0 Å². The van der Waals surface area contributed by atoms with Gasteiger partial charge in [0.2, 0.25) is 5.91 Å². The van der Waals surface area contributed by atoms with E-state index in [2.05, 4.69) is 0 Å². The third-order valence-corrected chi connectivity index (χ3v) is 4.41. The molecule has 2 aromatic rings. The van der Waals surface area contributed by atoms with Crippen LogP contribution in [-0.4, -0.2) is 37.6 Å². The molecule has 1 aromatic heterocycles. The van der Waals surface area contributed by atoms with Crippen LogP contribution in [0.1, 0.15) is 18.4 Å². The lowest BCUT2D eigenvalue weighted by molar-refractivity contribution is -0.132. The first-order valence-corrected chi connectivity index (χ1v) is 7.73. The normalized spacial score (nSPS) is 18.6. The lowest BCUT2D eigenvalue weighted by Gasteiger charge is -2.32. The predicted molar refractivity (Wildman–Crippen MR) is 84.8 cm³/mol. The van der Waals surface area contributed by atoms with Gasteiger partial charge in [0.1, 0.15) is 11.3 Å². The monoisotopic (exact) mass is 302 g/mol. The topological polar surface area (TPSA) is 68.7 Å². The number of nitrogens with two attached hydrogens (primary N) is 1. The molecule has 0 radical (unpaired) electrons. The first-order chi connectivity index (χ1) is 10.7. The van der Waals surface area contributed by atoms with E-state index in [1.54, 1.807) is 13.4 Å². The molecule has 0 unspecified atom stereocenters. The summed E-state index contributed by atoms with van der Waals surface area (Å²) >= 11 is 0. The summed E-state index contributed by atoms with van der Waals surface area (Å²) in [7, 11) is 1.62. The molecule has 118 valence electrons. The van der Waals surface area contributed by atoms with Gasteiger partial charge in [-0.2, -0.15) is 0 Å². The fourth-order valence-corrected chi connectivity index (χ4v) is 3.09. The van der Waals surface area contributed by atoms with Crippen LogP contribution in [0.2, 0.25) is 0 Å². The zero-order valence-electron chi connectivity index (χ0n) is 12.9. The van der Waals surface area contributed by atoms with Crippen LogP contribution in [0, 0.1) is 5.92 Å². The fraction of sp³-hybridized carbons (Fsp3) is 0.471. The van der Waals surface area contributed by atoms with Gasteiger partial charge in [0.05, 0.1) is 19.8 Å². The fourth-order valence-electron chi connectivity index (χ4n) is 3.09. The van der Waals surface area contributed by atoms with Crippen molar-refractivity contribution in [2.45, 2.75) is 19.3 Å². The number of rotatable bonds is 4. The second kappa shape index (κ2) is 6.40. The Hall–Kier alpha value is -2.01. The van der Waals surface area contributed by atoms with Gasteiger partial charge in [-0.05, 0) is 37.4 Å². The van der Waals surface area contributed by atoms with Crippen molar-refractivity contribution in [1.29, 1.82) is 0 Å². The number of amides is 1. The number of methoxy groups -OCH3 is 1. The van der Waals surface area contributed by atoms with Crippen molar-refractivity contribution in [2.75, 3.05) is 26.7 Å². The maximum Gasteiger partial charge on any atom is 0.227 e. The second-order valence-electron chi connectivity index (χ2n) is 5.88. The third kappa shape index (κ3) is 2.95.